The molecule has 1 aromatic carbocycles. The predicted molar refractivity (Wildman–Crippen MR) is 88.9 cm³/mol. The number of ether oxygens (including phenoxy) is 1. The van der Waals surface area contributed by atoms with Crippen LogP contribution in [0.3, 0.4) is 0 Å². The van der Waals surface area contributed by atoms with E-state index in [4.69, 9.17) is 4.52 Å². The third kappa shape index (κ3) is 4.13. The molecule has 0 spiro atoms. The lowest BCUT2D eigenvalue weighted by Gasteiger charge is -2.20. The molecule has 0 saturated carbocycles. The molecule has 11 heteroatoms. The van der Waals surface area contributed by atoms with E-state index < -0.39 is 29.8 Å². The molecule has 0 saturated heterocycles. The summed E-state index contributed by atoms with van der Waals surface area (Å²) in [6, 6.07) is 4.38. The van der Waals surface area contributed by atoms with E-state index in [-0.39, 0.29) is 17.3 Å². The maximum absolute atomic E-state index is 13.3. The fourth-order valence-electron chi connectivity index (χ4n) is 2.28. The molecule has 150 valence electrons. The highest BCUT2D eigenvalue weighted by atomic mass is 32.1. The smallest absolute Gasteiger partial charge is 0.425 e. The summed E-state index contributed by atoms with van der Waals surface area (Å²) < 4.78 is 87.5. The average Bonchev–Trinajstić information content (AvgIpc) is 3.22. The molecule has 0 aliphatic heterocycles. The van der Waals surface area contributed by atoms with Crippen LogP contribution >= 0.6 is 11.3 Å². The SMILES string of the molecule is Cc1ccsc1-c1noc(-c2ccc(OC(C)C(F)(F)F)c(C(F)(F)F)c2)n1. The zero-order valence-corrected chi connectivity index (χ0v) is 15.2. The minimum Gasteiger partial charge on any atom is -0.481 e. The largest absolute Gasteiger partial charge is 0.481 e. The Hall–Kier alpha value is -2.56. The number of alkyl halides is 6. The summed E-state index contributed by atoms with van der Waals surface area (Å²) in [7, 11) is 0. The molecule has 28 heavy (non-hydrogen) atoms. The van der Waals surface area contributed by atoms with Crippen LogP contribution in [-0.2, 0) is 6.18 Å². The van der Waals surface area contributed by atoms with Crippen LogP contribution in [-0.4, -0.2) is 22.4 Å². The molecule has 1 unspecified atom stereocenters. The van der Waals surface area contributed by atoms with Gasteiger partial charge < -0.3 is 9.26 Å². The number of nitrogens with zero attached hydrogens (tertiary/aromatic N) is 2. The molecule has 0 amide bonds. The van der Waals surface area contributed by atoms with Crippen LogP contribution < -0.4 is 4.74 Å². The Labute approximate surface area is 158 Å². The fraction of sp³-hybridized carbons (Fsp3) is 0.294. The summed E-state index contributed by atoms with van der Waals surface area (Å²) in [6.07, 6.45) is -12.2. The molecule has 0 radical (unpaired) electrons. The van der Waals surface area contributed by atoms with E-state index >= 15 is 0 Å². The Kier molecular flexibility index (Phi) is 5.13. The first-order valence-electron chi connectivity index (χ1n) is 7.80. The molecular weight excluding hydrogens is 410 g/mol. The van der Waals surface area contributed by atoms with Crippen LogP contribution in [0.4, 0.5) is 26.3 Å². The Morgan fingerprint density at radius 1 is 1.11 bits per heavy atom. The van der Waals surface area contributed by atoms with Crippen molar-refractivity contribution >= 4 is 11.3 Å². The fourth-order valence-corrected chi connectivity index (χ4v) is 3.13. The van der Waals surface area contributed by atoms with Crippen molar-refractivity contribution in [3.05, 3.63) is 40.8 Å². The molecule has 4 nitrogen and oxygen atoms in total. The van der Waals surface area contributed by atoms with Crippen LogP contribution in [0.5, 0.6) is 5.75 Å². The van der Waals surface area contributed by atoms with Gasteiger partial charge in [0.25, 0.3) is 5.89 Å². The van der Waals surface area contributed by atoms with Gasteiger partial charge in [0, 0.05) is 5.56 Å². The molecule has 0 bridgehead atoms. The monoisotopic (exact) mass is 422 g/mol. The summed E-state index contributed by atoms with van der Waals surface area (Å²) in [5, 5.41) is 5.56. The van der Waals surface area contributed by atoms with Crippen molar-refractivity contribution in [1.82, 2.24) is 10.1 Å². The van der Waals surface area contributed by atoms with Crippen molar-refractivity contribution in [3.8, 4) is 27.9 Å². The van der Waals surface area contributed by atoms with Crippen LogP contribution in [0.1, 0.15) is 18.1 Å². The average molecular weight is 422 g/mol. The van der Waals surface area contributed by atoms with Gasteiger partial charge in [0.2, 0.25) is 5.82 Å². The van der Waals surface area contributed by atoms with Crippen molar-refractivity contribution in [2.75, 3.05) is 0 Å². The quantitative estimate of drug-likeness (QED) is 0.475. The molecule has 3 aromatic rings. The predicted octanol–water partition coefficient (Wildman–Crippen LogP) is 6.12. The highest BCUT2D eigenvalue weighted by molar-refractivity contribution is 7.13. The van der Waals surface area contributed by atoms with Crippen LogP contribution in [0, 0.1) is 6.92 Å². The van der Waals surface area contributed by atoms with Gasteiger partial charge in [-0.15, -0.1) is 11.3 Å². The lowest BCUT2D eigenvalue weighted by molar-refractivity contribution is -0.191. The summed E-state index contributed by atoms with van der Waals surface area (Å²) >= 11 is 1.34. The lowest BCUT2D eigenvalue weighted by atomic mass is 10.1. The molecule has 2 aromatic heterocycles. The van der Waals surface area contributed by atoms with Gasteiger partial charge in [0.05, 0.1) is 10.4 Å². The molecule has 0 aliphatic rings. The summed E-state index contributed by atoms with van der Waals surface area (Å²) in [6.45, 7) is 2.44. The Balaban J connectivity index is 1.98. The molecule has 0 aliphatic carbocycles. The highest BCUT2D eigenvalue weighted by Crippen LogP contribution is 2.40. The number of thiophene rings is 1. The first kappa shape index (κ1) is 20.2. The van der Waals surface area contributed by atoms with E-state index in [1.54, 1.807) is 5.38 Å². The van der Waals surface area contributed by atoms with Crippen molar-refractivity contribution < 1.29 is 35.6 Å². The van der Waals surface area contributed by atoms with E-state index in [1.165, 1.54) is 11.3 Å². The van der Waals surface area contributed by atoms with Gasteiger partial charge in [-0.2, -0.15) is 31.3 Å². The Morgan fingerprint density at radius 3 is 2.39 bits per heavy atom. The first-order valence-corrected chi connectivity index (χ1v) is 8.68. The number of aromatic nitrogens is 2. The third-order valence-electron chi connectivity index (χ3n) is 3.79. The molecule has 1 atom stereocenters. The van der Waals surface area contributed by atoms with Gasteiger partial charge in [-0.25, -0.2) is 0 Å². The number of benzene rings is 1. The third-order valence-corrected chi connectivity index (χ3v) is 4.80. The van der Waals surface area contributed by atoms with Crippen LogP contribution in [0.2, 0.25) is 0 Å². The van der Waals surface area contributed by atoms with Crippen molar-refractivity contribution in [3.63, 3.8) is 0 Å². The van der Waals surface area contributed by atoms with Crippen molar-refractivity contribution in [2.45, 2.75) is 32.3 Å². The Bertz CT molecular complexity index is 977. The van der Waals surface area contributed by atoms with Crippen LogP contribution in [0.25, 0.3) is 22.2 Å². The Morgan fingerprint density at radius 2 is 1.82 bits per heavy atom. The van der Waals surface area contributed by atoms with Gasteiger partial charge >= 0.3 is 12.4 Å². The molecule has 0 N–H and O–H groups in total. The zero-order valence-electron chi connectivity index (χ0n) is 14.4. The summed E-state index contributed by atoms with van der Waals surface area (Å²) in [5.41, 5.74) is -0.585. The molecule has 2 heterocycles. The molecular formula is C17H12F6N2O2S. The molecule has 0 fully saturated rings. The van der Waals surface area contributed by atoms with E-state index in [0.29, 0.717) is 17.9 Å². The van der Waals surface area contributed by atoms with Crippen LogP contribution in [0.15, 0.2) is 34.2 Å². The second-order valence-electron chi connectivity index (χ2n) is 5.87. The minimum absolute atomic E-state index is 0.0905. The number of halogens is 6. The highest BCUT2D eigenvalue weighted by Gasteiger charge is 2.41. The van der Waals surface area contributed by atoms with Crippen molar-refractivity contribution in [1.29, 1.82) is 0 Å². The number of aryl methyl sites for hydroxylation is 1. The van der Waals surface area contributed by atoms with E-state index in [2.05, 4.69) is 14.9 Å². The maximum Gasteiger partial charge on any atom is 0.425 e. The van der Waals surface area contributed by atoms with Gasteiger partial charge in [-0.05, 0) is 49.1 Å². The minimum atomic E-state index is -4.94. The van der Waals surface area contributed by atoms with E-state index in [9.17, 15) is 26.3 Å². The number of rotatable bonds is 4. The van der Waals surface area contributed by atoms with E-state index in [0.717, 1.165) is 17.7 Å². The number of hydrogen-bond acceptors (Lipinski definition) is 5. The van der Waals surface area contributed by atoms with Gasteiger partial charge in [-0.3, -0.25) is 0 Å². The summed E-state index contributed by atoms with van der Waals surface area (Å²) in [4.78, 5) is 4.78. The maximum atomic E-state index is 13.3. The topological polar surface area (TPSA) is 48.2 Å². The standard InChI is InChI=1S/C17H12F6N2O2S/c1-8-5-6-28-13(8)14-24-15(27-25-14)10-3-4-12(11(7-10)17(21,22)23)26-9(2)16(18,19)20/h3-7,9H,1-2H3. The zero-order chi connectivity index (χ0) is 20.7. The number of hydrogen-bond donors (Lipinski definition) is 0. The first-order chi connectivity index (χ1) is 13.0. The van der Waals surface area contributed by atoms with Gasteiger partial charge in [-0.1, -0.05) is 5.16 Å². The van der Waals surface area contributed by atoms with Crippen molar-refractivity contribution in [2.24, 2.45) is 0 Å². The second kappa shape index (κ2) is 7.12. The lowest BCUT2D eigenvalue weighted by Crippen LogP contribution is -2.31. The second-order valence-corrected chi connectivity index (χ2v) is 6.78. The summed E-state index contributed by atoms with van der Waals surface area (Å²) in [5.74, 6) is -0.916. The van der Waals surface area contributed by atoms with Gasteiger partial charge in [0.15, 0.2) is 6.10 Å². The molecule has 3 rings (SSSR count). The normalized spacial score (nSPS) is 13.6. The van der Waals surface area contributed by atoms with E-state index in [1.807, 2.05) is 13.0 Å². The van der Waals surface area contributed by atoms with Gasteiger partial charge in [0.1, 0.15) is 5.75 Å².